The molecule has 2 fully saturated rings. The van der Waals surface area contributed by atoms with Crippen molar-refractivity contribution in [2.45, 2.75) is 71.3 Å². The van der Waals surface area contributed by atoms with Crippen molar-refractivity contribution in [3.05, 3.63) is 40.5 Å². The van der Waals surface area contributed by atoms with Gasteiger partial charge in [-0.05, 0) is 62.6 Å². The summed E-state index contributed by atoms with van der Waals surface area (Å²) in [5.41, 5.74) is 3.13. The number of nitrogens with zero attached hydrogens (tertiary/aromatic N) is 3. The zero-order chi connectivity index (χ0) is 19.5. The average molecular weight is 399 g/mol. The Morgan fingerprint density at radius 1 is 1.11 bits per heavy atom. The molecular weight excluding hydrogens is 368 g/mol. The minimum absolute atomic E-state index is 0.647. The van der Waals surface area contributed by atoms with Crippen LogP contribution in [0.25, 0.3) is 0 Å². The zero-order valence-corrected chi connectivity index (χ0v) is 17.8. The van der Waals surface area contributed by atoms with Crippen molar-refractivity contribution in [3.8, 4) is 0 Å². The maximum Gasteiger partial charge on any atom is 0.229 e. The highest BCUT2D eigenvalue weighted by molar-refractivity contribution is 6.31. The fourth-order valence-electron chi connectivity index (χ4n) is 4.78. The number of rotatable bonds is 5. The van der Waals surface area contributed by atoms with E-state index in [4.69, 9.17) is 21.6 Å². The maximum absolute atomic E-state index is 6.30. The van der Waals surface area contributed by atoms with Gasteiger partial charge in [-0.1, -0.05) is 43.9 Å². The van der Waals surface area contributed by atoms with Crippen LogP contribution in [0.5, 0.6) is 0 Å². The van der Waals surface area contributed by atoms with Gasteiger partial charge < -0.3 is 10.2 Å². The molecule has 1 aromatic carbocycles. The third-order valence-corrected chi connectivity index (χ3v) is 6.64. The summed E-state index contributed by atoms with van der Waals surface area (Å²) in [6.45, 7) is 5.33. The highest BCUT2D eigenvalue weighted by Crippen LogP contribution is 2.37. The number of hydrogen-bond donors (Lipinski definition) is 1. The molecule has 1 aliphatic heterocycles. The second kappa shape index (κ2) is 8.69. The molecule has 0 bridgehead atoms. The first-order chi connectivity index (χ1) is 13.6. The van der Waals surface area contributed by atoms with E-state index in [9.17, 15) is 0 Å². The van der Waals surface area contributed by atoms with Crippen LogP contribution in [0.2, 0.25) is 5.02 Å². The molecule has 2 unspecified atom stereocenters. The lowest BCUT2D eigenvalue weighted by atomic mass is 9.78. The molecule has 2 aliphatic rings. The van der Waals surface area contributed by atoms with Crippen LogP contribution in [0.3, 0.4) is 0 Å². The smallest absolute Gasteiger partial charge is 0.229 e. The summed E-state index contributed by atoms with van der Waals surface area (Å²) in [4.78, 5) is 12.3. The maximum atomic E-state index is 6.30. The highest BCUT2D eigenvalue weighted by Gasteiger charge is 2.34. The highest BCUT2D eigenvalue weighted by atomic mass is 35.5. The van der Waals surface area contributed by atoms with Crippen molar-refractivity contribution < 1.29 is 0 Å². The number of benzene rings is 1. The summed E-state index contributed by atoms with van der Waals surface area (Å²) >= 11 is 6.30. The van der Waals surface area contributed by atoms with Crippen molar-refractivity contribution in [1.82, 2.24) is 9.97 Å². The predicted octanol–water partition coefficient (Wildman–Crippen LogP) is 6.29. The quantitative estimate of drug-likeness (QED) is 0.642. The number of hydrogen-bond acceptors (Lipinski definition) is 4. The lowest BCUT2D eigenvalue weighted by Crippen LogP contribution is -2.47. The van der Waals surface area contributed by atoms with Crippen LogP contribution < -0.4 is 10.2 Å². The standard InChI is InChI=1S/C23H31ClN4/c1-3-7-18-15-22(28-13-6-9-17-8-4-5-10-21(17)28)27-23(25-18)26-19-12-11-16(2)20(24)14-19/h11-12,14-15,17,21H,3-10,13H2,1-2H3,(H,25,26,27). The van der Waals surface area contributed by atoms with Crippen molar-refractivity contribution in [3.63, 3.8) is 0 Å². The minimum atomic E-state index is 0.647. The van der Waals surface area contributed by atoms with E-state index in [2.05, 4.69) is 23.2 Å². The van der Waals surface area contributed by atoms with Crippen molar-refractivity contribution in [2.75, 3.05) is 16.8 Å². The van der Waals surface area contributed by atoms with Gasteiger partial charge >= 0.3 is 0 Å². The van der Waals surface area contributed by atoms with Gasteiger partial charge in [0.2, 0.25) is 5.95 Å². The van der Waals surface area contributed by atoms with Crippen molar-refractivity contribution in [1.29, 1.82) is 0 Å². The zero-order valence-electron chi connectivity index (χ0n) is 17.0. The molecule has 0 amide bonds. The van der Waals surface area contributed by atoms with Crippen LogP contribution in [0, 0.1) is 12.8 Å². The number of aryl methyl sites for hydroxylation is 2. The van der Waals surface area contributed by atoms with Gasteiger partial charge in [-0.3, -0.25) is 0 Å². The predicted molar refractivity (Wildman–Crippen MR) is 118 cm³/mol. The molecule has 5 heteroatoms. The van der Waals surface area contributed by atoms with Crippen LogP contribution in [0.1, 0.15) is 63.1 Å². The summed E-state index contributed by atoms with van der Waals surface area (Å²) in [7, 11) is 0. The molecule has 2 atom stereocenters. The number of nitrogens with one attached hydrogen (secondary N) is 1. The summed E-state index contributed by atoms with van der Waals surface area (Å²) < 4.78 is 0. The second-order valence-electron chi connectivity index (χ2n) is 8.33. The van der Waals surface area contributed by atoms with E-state index in [0.717, 1.165) is 53.1 Å². The first-order valence-corrected chi connectivity index (χ1v) is 11.2. The third kappa shape index (κ3) is 4.27. The van der Waals surface area contributed by atoms with E-state index in [0.29, 0.717) is 12.0 Å². The Morgan fingerprint density at radius 3 is 2.75 bits per heavy atom. The second-order valence-corrected chi connectivity index (χ2v) is 8.73. The molecule has 1 saturated heterocycles. The lowest BCUT2D eigenvalue weighted by molar-refractivity contribution is 0.242. The summed E-state index contributed by atoms with van der Waals surface area (Å²) in [5, 5.41) is 4.15. The Morgan fingerprint density at radius 2 is 1.93 bits per heavy atom. The molecule has 28 heavy (non-hydrogen) atoms. The summed E-state index contributed by atoms with van der Waals surface area (Å²) in [6, 6.07) is 8.87. The molecule has 1 N–H and O–H groups in total. The van der Waals surface area contributed by atoms with Crippen LogP contribution >= 0.6 is 11.6 Å². The molecule has 4 rings (SSSR count). The summed E-state index contributed by atoms with van der Waals surface area (Å²) in [6.07, 6.45) is 10.1. The Bertz CT molecular complexity index is 820. The molecule has 0 spiro atoms. The molecule has 1 aliphatic carbocycles. The lowest BCUT2D eigenvalue weighted by Gasteiger charge is -2.44. The number of aromatic nitrogens is 2. The van der Waals surface area contributed by atoms with Crippen LogP contribution in [0.15, 0.2) is 24.3 Å². The van der Waals surface area contributed by atoms with E-state index < -0.39 is 0 Å². The number of piperidine rings is 1. The first-order valence-electron chi connectivity index (χ1n) is 10.8. The molecule has 2 heterocycles. The number of anilines is 3. The Labute approximate surface area is 173 Å². The van der Waals surface area contributed by atoms with E-state index >= 15 is 0 Å². The van der Waals surface area contributed by atoms with Gasteiger partial charge in [-0.15, -0.1) is 0 Å². The van der Waals surface area contributed by atoms with E-state index in [1.807, 2.05) is 25.1 Å². The molecule has 4 nitrogen and oxygen atoms in total. The van der Waals surface area contributed by atoms with Gasteiger partial charge in [-0.25, -0.2) is 4.98 Å². The largest absolute Gasteiger partial charge is 0.353 e. The minimum Gasteiger partial charge on any atom is -0.353 e. The van der Waals surface area contributed by atoms with Crippen molar-refractivity contribution in [2.24, 2.45) is 5.92 Å². The SMILES string of the molecule is CCCc1cc(N2CCCC3CCCCC32)nc(Nc2ccc(C)c(Cl)c2)n1. The van der Waals surface area contributed by atoms with Crippen LogP contribution in [-0.4, -0.2) is 22.6 Å². The fraction of sp³-hybridized carbons (Fsp3) is 0.565. The Kier molecular flexibility index (Phi) is 6.05. The fourth-order valence-corrected chi connectivity index (χ4v) is 4.96. The molecule has 150 valence electrons. The molecular formula is C23H31ClN4. The Hall–Kier alpha value is -1.81. The van der Waals surface area contributed by atoms with E-state index in [1.165, 1.54) is 38.5 Å². The Balaban J connectivity index is 1.64. The molecule has 1 aromatic heterocycles. The van der Waals surface area contributed by atoms with E-state index in [1.54, 1.807) is 0 Å². The third-order valence-electron chi connectivity index (χ3n) is 6.24. The molecule has 0 radical (unpaired) electrons. The monoisotopic (exact) mass is 398 g/mol. The molecule has 2 aromatic rings. The van der Waals surface area contributed by atoms with Crippen LogP contribution in [-0.2, 0) is 6.42 Å². The number of fused-ring (bicyclic) bond motifs is 1. The van der Waals surface area contributed by atoms with Gasteiger partial charge in [0.1, 0.15) is 5.82 Å². The average Bonchev–Trinajstić information content (AvgIpc) is 2.70. The van der Waals surface area contributed by atoms with Crippen molar-refractivity contribution >= 4 is 29.1 Å². The first kappa shape index (κ1) is 19.5. The van der Waals surface area contributed by atoms with Gasteiger partial charge in [0.15, 0.2) is 0 Å². The van der Waals surface area contributed by atoms with Gasteiger partial charge in [0.25, 0.3) is 0 Å². The topological polar surface area (TPSA) is 41.1 Å². The van der Waals surface area contributed by atoms with Crippen LogP contribution in [0.4, 0.5) is 17.5 Å². The summed E-state index contributed by atoms with van der Waals surface area (Å²) in [5.74, 6) is 2.61. The van der Waals surface area contributed by atoms with Gasteiger partial charge in [0, 0.05) is 35.1 Å². The van der Waals surface area contributed by atoms with E-state index in [-0.39, 0.29) is 0 Å². The van der Waals surface area contributed by atoms with Gasteiger partial charge in [-0.2, -0.15) is 4.98 Å². The molecule has 1 saturated carbocycles. The van der Waals surface area contributed by atoms with Gasteiger partial charge in [0.05, 0.1) is 0 Å². The number of halogens is 1. The normalized spacial score (nSPS) is 22.0.